The molecule has 1 aliphatic rings. The highest BCUT2D eigenvalue weighted by molar-refractivity contribution is 7.89. The second kappa shape index (κ2) is 8.13. The third kappa shape index (κ3) is 5.94. The molecule has 1 heterocycles. The van der Waals surface area contributed by atoms with Gasteiger partial charge in [0.05, 0.1) is 5.75 Å². The van der Waals surface area contributed by atoms with Gasteiger partial charge >= 0.3 is 0 Å². The van der Waals surface area contributed by atoms with E-state index in [1.807, 2.05) is 20.8 Å². The first kappa shape index (κ1) is 18.4. The largest absolute Gasteiger partial charge is 0.352 e. The average Bonchev–Trinajstić information content (AvgIpc) is 2.38. The fourth-order valence-electron chi connectivity index (χ4n) is 2.72. The van der Waals surface area contributed by atoms with E-state index in [9.17, 15) is 13.2 Å². The molecule has 2 atom stereocenters. The van der Waals surface area contributed by atoms with Gasteiger partial charge in [0.2, 0.25) is 15.9 Å². The van der Waals surface area contributed by atoms with Gasteiger partial charge in [-0.05, 0) is 25.2 Å². The second-order valence-electron chi connectivity index (χ2n) is 6.53. The zero-order chi connectivity index (χ0) is 16.0. The Balaban J connectivity index is 2.60. The highest BCUT2D eigenvalue weighted by Crippen LogP contribution is 2.18. The smallest absolute Gasteiger partial charge is 0.222 e. The van der Waals surface area contributed by atoms with Crippen molar-refractivity contribution in [3.8, 4) is 0 Å². The summed E-state index contributed by atoms with van der Waals surface area (Å²) in [4.78, 5) is 11.8. The molecule has 1 aliphatic heterocycles. The maximum Gasteiger partial charge on any atom is 0.222 e. The lowest BCUT2D eigenvalue weighted by atomic mass is 10.1. The molecule has 0 aromatic carbocycles. The van der Waals surface area contributed by atoms with Crippen LogP contribution < -0.4 is 5.32 Å². The SMILES string of the molecule is CCCC(C)CS(=O)(=O)N1CCCC(NC(=O)C(C)C)C1. The summed E-state index contributed by atoms with van der Waals surface area (Å²) in [5.74, 6) is 0.330. The highest BCUT2D eigenvalue weighted by Gasteiger charge is 2.30. The molecule has 6 heteroatoms. The van der Waals surface area contributed by atoms with Gasteiger partial charge in [0, 0.05) is 25.0 Å². The van der Waals surface area contributed by atoms with Gasteiger partial charge in [0.15, 0.2) is 0 Å². The normalized spacial score (nSPS) is 22.2. The Kier molecular flexibility index (Phi) is 7.13. The van der Waals surface area contributed by atoms with Crippen molar-refractivity contribution in [3.05, 3.63) is 0 Å². The summed E-state index contributed by atoms with van der Waals surface area (Å²) in [5.41, 5.74) is 0. The lowest BCUT2D eigenvalue weighted by Gasteiger charge is -2.33. The molecular weight excluding hydrogens is 288 g/mol. The zero-order valence-corrected chi connectivity index (χ0v) is 14.6. The van der Waals surface area contributed by atoms with Gasteiger partial charge in [0.1, 0.15) is 0 Å². The molecule has 0 radical (unpaired) electrons. The van der Waals surface area contributed by atoms with Gasteiger partial charge in [-0.3, -0.25) is 4.79 Å². The second-order valence-corrected chi connectivity index (χ2v) is 8.55. The number of amides is 1. The first-order chi connectivity index (χ1) is 9.76. The predicted molar refractivity (Wildman–Crippen MR) is 85.4 cm³/mol. The molecular formula is C15H30N2O3S. The van der Waals surface area contributed by atoms with Crippen molar-refractivity contribution in [1.29, 1.82) is 0 Å². The van der Waals surface area contributed by atoms with Gasteiger partial charge in [-0.2, -0.15) is 4.31 Å². The van der Waals surface area contributed by atoms with E-state index in [-0.39, 0.29) is 29.5 Å². The first-order valence-corrected chi connectivity index (χ1v) is 9.65. The van der Waals surface area contributed by atoms with Crippen LogP contribution in [0, 0.1) is 11.8 Å². The molecule has 5 nitrogen and oxygen atoms in total. The van der Waals surface area contributed by atoms with E-state index in [0.717, 1.165) is 25.7 Å². The number of piperidine rings is 1. The van der Waals surface area contributed by atoms with Crippen LogP contribution in [0.25, 0.3) is 0 Å². The molecule has 2 unspecified atom stereocenters. The van der Waals surface area contributed by atoms with Gasteiger partial charge < -0.3 is 5.32 Å². The molecule has 124 valence electrons. The number of hydrogen-bond acceptors (Lipinski definition) is 3. The average molecular weight is 318 g/mol. The fourth-order valence-corrected chi connectivity index (χ4v) is 4.63. The van der Waals surface area contributed by atoms with E-state index in [2.05, 4.69) is 12.2 Å². The van der Waals surface area contributed by atoms with Crippen molar-refractivity contribution in [3.63, 3.8) is 0 Å². The van der Waals surface area contributed by atoms with Crippen LogP contribution in [0.1, 0.15) is 53.4 Å². The molecule has 0 bridgehead atoms. The monoisotopic (exact) mass is 318 g/mol. The van der Waals surface area contributed by atoms with Crippen LogP contribution in [0.2, 0.25) is 0 Å². The van der Waals surface area contributed by atoms with E-state index < -0.39 is 10.0 Å². The third-order valence-electron chi connectivity index (χ3n) is 3.92. The molecule has 0 aromatic heterocycles. The lowest BCUT2D eigenvalue weighted by Crippen LogP contribution is -2.51. The number of nitrogens with one attached hydrogen (secondary N) is 1. The van der Waals surface area contributed by atoms with Crippen molar-refractivity contribution in [2.24, 2.45) is 11.8 Å². The van der Waals surface area contributed by atoms with Crippen molar-refractivity contribution in [2.45, 2.75) is 59.4 Å². The molecule has 1 rings (SSSR count). The quantitative estimate of drug-likeness (QED) is 0.780. The van der Waals surface area contributed by atoms with E-state index in [1.54, 1.807) is 4.31 Å². The number of sulfonamides is 1. The summed E-state index contributed by atoms with van der Waals surface area (Å²) >= 11 is 0. The molecule has 0 saturated carbocycles. The molecule has 1 amide bonds. The maximum atomic E-state index is 12.4. The fraction of sp³-hybridized carbons (Fsp3) is 0.933. The Hall–Kier alpha value is -0.620. The Morgan fingerprint density at radius 3 is 2.57 bits per heavy atom. The minimum absolute atomic E-state index is 0.00130. The standard InChI is InChI=1S/C15H30N2O3S/c1-5-7-13(4)11-21(19,20)17-9-6-8-14(10-17)16-15(18)12(2)3/h12-14H,5-11H2,1-4H3,(H,16,18). The summed E-state index contributed by atoms with van der Waals surface area (Å²) in [6.07, 6.45) is 3.60. The van der Waals surface area contributed by atoms with Crippen LogP contribution in [0.5, 0.6) is 0 Å². The van der Waals surface area contributed by atoms with Gasteiger partial charge in [0.25, 0.3) is 0 Å². The van der Waals surface area contributed by atoms with Gasteiger partial charge in [-0.15, -0.1) is 0 Å². The van der Waals surface area contributed by atoms with E-state index in [1.165, 1.54) is 0 Å². The summed E-state index contributed by atoms with van der Waals surface area (Å²) in [6, 6.07) is -0.0510. The lowest BCUT2D eigenvalue weighted by molar-refractivity contribution is -0.124. The summed E-state index contributed by atoms with van der Waals surface area (Å²) in [7, 11) is -3.21. The molecule has 0 aromatic rings. The minimum atomic E-state index is -3.21. The van der Waals surface area contributed by atoms with Gasteiger partial charge in [-0.1, -0.05) is 34.1 Å². The van der Waals surface area contributed by atoms with Crippen LogP contribution in [0.4, 0.5) is 0 Å². The number of carbonyl (C=O) groups excluding carboxylic acids is 1. The molecule has 0 spiro atoms. The van der Waals surface area contributed by atoms with E-state index in [0.29, 0.717) is 13.1 Å². The Morgan fingerprint density at radius 2 is 2.00 bits per heavy atom. The topological polar surface area (TPSA) is 66.5 Å². The highest BCUT2D eigenvalue weighted by atomic mass is 32.2. The molecule has 1 N–H and O–H groups in total. The van der Waals surface area contributed by atoms with Crippen LogP contribution in [0.15, 0.2) is 0 Å². The van der Waals surface area contributed by atoms with Crippen molar-refractivity contribution in [2.75, 3.05) is 18.8 Å². The number of carbonyl (C=O) groups is 1. The molecule has 0 aliphatic carbocycles. The van der Waals surface area contributed by atoms with Crippen LogP contribution in [-0.4, -0.2) is 43.5 Å². The summed E-state index contributed by atoms with van der Waals surface area (Å²) < 4.78 is 26.5. The molecule has 1 saturated heterocycles. The Bertz CT molecular complexity index is 434. The first-order valence-electron chi connectivity index (χ1n) is 8.04. The summed E-state index contributed by atoms with van der Waals surface area (Å²) in [5, 5.41) is 2.95. The van der Waals surface area contributed by atoms with E-state index in [4.69, 9.17) is 0 Å². The predicted octanol–water partition coefficient (Wildman–Crippen LogP) is 1.99. The molecule has 1 fully saturated rings. The van der Waals surface area contributed by atoms with E-state index >= 15 is 0 Å². The van der Waals surface area contributed by atoms with Crippen LogP contribution in [-0.2, 0) is 14.8 Å². The summed E-state index contributed by atoms with van der Waals surface area (Å²) in [6.45, 7) is 8.75. The zero-order valence-electron chi connectivity index (χ0n) is 13.8. The molecule has 21 heavy (non-hydrogen) atoms. The minimum Gasteiger partial charge on any atom is -0.352 e. The number of nitrogens with zero attached hydrogens (tertiary/aromatic N) is 1. The number of rotatable bonds is 7. The third-order valence-corrected chi connectivity index (χ3v) is 6.03. The van der Waals surface area contributed by atoms with Crippen molar-refractivity contribution in [1.82, 2.24) is 9.62 Å². The van der Waals surface area contributed by atoms with Crippen molar-refractivity contribution < 1.29 is 13.2 Å². The Morgan fingerprint density at radius 1 is 1.33 bits per heavy atom. The maximum absolute atomic E-state index is 12.4. The van der Waals surface area contributed by atoms with Gasteiger partial charge in [-0.25, -0.2) is 8.42 Å². The van der Waals surface area contributed by atoms with Crippen LogP contribution in [0.3, 0.4) is 0 Å². The number of hydrogen-bond donors (Lipinski definition) is 1. The Labute approximate surface area is 129 Å². The van der Waals surface area contributed by atoms with Crippen LogP contribution >= 0.6 is 0 Å². The van der Waals surface area contributed by atoms with Crippen molar-refractivity contribution >= 4 is 15.9 Å².